The van der Waals surface area contributed by atoms with Gasteiger partial charge in [-0.1, -0.05) is 0 Å². The van der Waals surface area contributed by atoms with Crippen LogP contribution in [0.5, 0.6) is 5.75 Å². The van der Waals surface area contributed by atoms with E-state index >= 15 is 0 Å². The van der Waals surface area contributed by atoms with Crippen LogP contribution in [0, 0.1) is 0 Å². The Labute approximate surface area is 130 Å². The molecule has 1 aliphatic heterocycles. The summed E-state index contributed by atoms with van der Waals surface area (Å²) < 4.78 is 32.7. The van der Waals surface area contributed by atoms with Crippen LogP contribution in [-0.4, -0.2) is 44.3 Å². The molecular weight excluding hydrogens is 310 g/mol. The van der Waals surface area contributed by atoms with Gasteiger partial charge in [-0.25, -0.2) is 13.1 Å². The molecule has 2 N–H and O–H groups in total. The Morgan fingerprint density at radius 3 is 2.71 bits per heavy atom. The van der Waals surface area contributed by atoms with Gasteiger partial charge in [0, 0.05) is 24.8 Å². The van der Waals surface area contributed by atoms with Crippen LogP contribution >= 0.6 is 11.8 Å². The lowest BCUT2D eigenvalue weighted by Crippen LogP contribution is -2.38. The van der Waals surface area contributed by atoms with Crippen LogP contribution < -0.4 is 9.46 Å². The maximum absolute atomic E-state index is 12.3. The molecule has 1 fully saturated rings. The summed E-state index contributed by atoms with van der Waals surface area (Å²) in [4.78, 5) is 0.257. The van der Waals surface area contributed by atoms with E-state index in [4.69, 9.17) is 9.84 Å². The quantitative estimate of drug-likeness (QED) is 0.743. The first-order valence-electron chi connectivity index (χ1n) is 7.05. The first-order chi connectivity index (χ1) is 10.1. The number of thioether (sulfide) groups is 1. The monoisotopic (exact) mass is 331 g/mol. The van der Waals surface area contributed by atoms with Crippen LogP contribution in [-0.2, 0) is 10.0 Å². The SMILES string of the molecule is O=S(=O)(NC1CCCSC1)c1ccc(OCCCO)cc1. The van der Waals surface area contributed by atoms with Gasteiger partial charge in [-0.15, -0.1) is 0 Å². The summed E-state index contributed by atoms with van der Waals surface area (Å²) in [5.41, 5.74) is 0. The normalized spacial score (nSPS) is 19.4. The Balaban J connectivity index is 1.95. The highest BCUT2D eigenvalue weighted by molar-refractivity contribution is 7.99. The van der Waals surface area contributed by atoms with Crippen molar-refractivity contribution in [2.45, 2.75) is 30.2 Å². The average Bonchev–Trinajstić information content (AvgIpc) is 2.49. The molecule has 2 rings (SSSR count). The minimum absolute atomic E-state index is 0.0224. The van der Waals surface area contributed by atoms with E-state index in [1.54, 1.807) is 36.0 Å². The van der Waals surface area contributed by atoms with Gasteiger partial charge in [0.25, 0.3) is 0 Å². The smallest absolute Gasteiger partial charge is 0.240 e. The lowest BCUT2D eigenvalue weighted by molar-refractivity contribution is 0.233. The second kappa shape index (κ2) is 8.03. The van der Waals surface area contributed by atoms with Crippen LogP contribution in [0.15, 0.2) is 29.2 Å². The van der Waals surface area contributed by atoms with Gasteiger partial charge in [0.1, 0.15) is 5.75 Å². The summed E-state index contributed by atoms with van der Waals surface area (Å²) in [5.74, 6) is 2.55. The van der Waals surface area contributed by atoms with Crippen molar-refractivity contribution in [3.63, 3.8) is 0 Å². The second-order valence-electron chi connectivity index (χ2n) is 4.93. The summed E-state index contributed by atoms with van der Waals surface area (Å²) in [6.07, 6.45) is 2.50. The molecule has 1 saturated heterocycles. The van der Waals surface area contributed by atoms with Gasteiger partial charge in [0.15, 0.2) is 0 Å². The predicted octanol–water partition coefficient (Wildman–Crippen LogP) is 1.62. The number of aliphatic hydroxyl groups excluding tert-OH is 1. The highest BCUT2D eigenvalue weighted by atomic mass is 32.2. The fraction of sp³-hybridized carbons (Fsp3) is 0.571. The third kappa shape index (κ3) is 5.18. The Hall–Kier alpha value is -0.760. The van der Waals surface area contributed by atoms with Crippen LogP contribution in [0.25, 0.3) is 0 Å². The van der Waals surface area contributed by atoms with Crippen LogP contribution in [0.4, 0.5) is 0 Å². The molecule has 7 heteroatoms. The molecule has 1 aromatic carbocycles. The lowest BCUT2D eigenvalue weighted by atomic mass is 10.2. The zero-order valence-corrected chi connectivity index (χ0v) is 13.5. The molecule has 21 heavy (non-hydrogen) atoms. The highest BCUT2D eigenvalue weighted by Gasteiger charge is 2.21. The summed E-state index contributed by atoms with van der Waals surface area (Å²) in [5, 5.41) is 8.68. The molecule has 118 valence electrons. The largest absolute Gasteiger partial charge is 0.494 e. The van der Waals surface area contributed by atoms with Crippen LogP contribution in [0.2, 0.25) is 0 Å². The molecule has 1 unspecified atom stereocenters. The van der Waals surface area contributed by atoms with Crippen molar-refractivity contribution in [2.75, 3.05) is 24.7 Å². The summed E-state index contributed by atoms with van der Waals surface area (Å²) in [7, 11) is -3.46. The van der Waals surface area contributed by atoms with Crippen molar-refractivity contribution in [1.82, 2.24) is 4.72 Å². The maximum atomic E-state index is 12.3. The molecule has 1 heterocycles. The van der Waals surface area contributed by atoms with E-state index in [2.05, 4.69) is 4.72 Å². The summed E-state index contributed by atoms with van der Waals surface area (Å²) in [6.45, 7) is 0.496. The third-order valence-electron chi connectivity index (χ3n) is 3.19. The van der Waals surface area contributed by atoms with Crippen molar-refractivity contribution in [3.05, 3.63) is 24.3 Å². The fourth-order valence-corrected chi connectivity index (χ4v) is 4.54. The number of rotatable bonds is 7. The Kier molecular flexibility index (Phi) is 6.35. The van der Waals surface area contributed by atoms with E-state index < -0.39 is 10.0 Å². The molecule has 0 radical (unpaired) electrons. The standard InChI is InChI=1S/C14H21NO4S2/c16-8-2-9-19-13-4-6-14(7-5-13)21(17,18)15-12-3-1-10-20-11-12/h4-7,12,15-16H,1-3,8-11H2. The van der Waals surface area contributed by atoms with E-state index in [-0.39, 0.29) is 17.5 Å². The Morgan fingerprint density at radius 1 is 1.33 bits per heavy atom. The molecule has 0 amide bonds. The average molecular weight is 331 g/mol. The number of sulfonamides is 1. The lowest BCUT2D eigenvalue weighted by Gasteiger charge is -2.22. The highest BCUT2D eigenvalue weighted by Crippen LogP contribution is 2.20. The topological polar surface area (TPSA) is 75.6 Å². The van der Waals surface area contributed by atoms with Crippen molar-refractivity contribution >= 4 is 21.8 Å². The summed E-state index contributed by atoms with van der Waals surface area (Å²) in [6, 6.07) is 6.40. The molecule has 1 aliphatic rings. The number of ether oxygens (including phenoxy) is 1. The molecule has 0 spiro atoms. The van der Waals surface area contributed by atoms with E-state index in [1.807, 2.05) is 0 Å². The Morgan fingerprint density at radius 2 is 2.10 bits per heavy atom. The molecule has 1 atom stereocenters. The minimum Gasteiger partial charge on any atom is -0.494 e. The van der Waals surface area contributed by atoms with Crippen molar-refractivity contribution in [2.24, 2.45) is 0 Å². The van der Waals surface area contributed by atoms with E-state index in [1.165, 1.54) is 0 Å². The number of nitrogens with one attached hydrogen (secondary N) is 1. The van der Waals surface area contributed by atoms with Crippen molar-refractivity contribution in [1.29, 1.82) is 0 Å². The molecule has 0 saturated carbocycles. The third-order valence-corrected chi connectivity index (χ3v) is 5.94. The molecule has 0 aliphatic carbocycles. The number of hydrogen-bond donors (Lipinski definition) is 2. The van der Waals surface area contributed by atoms with Gasteiger partial charge < -0.3 is 9.84 Å². The predicted molar refractivity (Wildman–Crippen MR) is 84.3 cm³/mol. The van der Waals surface area contributed by atoms with Gasteiger partial charge >= 0.3 is 0 Å². The van der Waals surface area contributed by atoms with Crippen LogP contribution in [0.3, 0.4) is 0 Å². The van der Waals surface area contributed by atoms with E-state index in [0.717, 1.165) is 24.3 Å². The number of aliphatic hydroxyl groups is 1. The van der Waals surface area contributed by atoms with E-state index in [0.29, 0.717) is 18.8 Å². The zero-order valence-electron chi connectivity index (χ0n) is 11.8. The first-order valence-corrected chi connectivity index (χ1v) is 9.69. The minimum atomic E-state index is -3.46. The van der Waals surface area contributed by atoms with Gasteiger partial charge in [-0.05, 0) is 42.9 Å². The van der Waals surface area contributed by atoms with E-state index in [9.17, 15) is 8.42 Å². The van der Waals surface area contributed by atoms with Gasteiger partial charge in [-0.3, -0.25) is 0 Å². The first kappa shape index (κ1) is 16.6. The molecular formula is C14H21NO4S2. The fourth-order valence-electron chi connectivity index (χ4n) is 2.09. The van der Waals surface area contributed by atoms with Gasteiger partial charge in [0.2, 0.25) is 10.0 Å². The van der Waals surface area contributed by atoms with Crippen molar-refractivity contribution < 1.29 is 18.3 Å². The summed E-state index contributed by atoms with van der Waals surface area (Å²) >= 11 is 1.79. The maximum Gasteiger partial charge on any atom is 0.240 e. The molecule has 0 aromatic heterocycles. The Bertz CT molecular complexity index is 524. The molecule has 0 bridgehead atoms. The van der Waals surface area contributed by atoms with Gasteiger partial charge in [0.05, 0.1) is 11.5 Å². The van der Waals surface area contributed by atoms with Crippen molar-refractivity contribution in [3.8, 4) is 5.75 Å². The van der Waals surface area contributed by atoms with Gasteiger partial charge in [-0.2, -0.15) is 11.8 Å². The second-order valence-corrected chi connectivity index (χ2v) is 7.80. The number of hydrogen-bond acceptors (Lipinski definition) is 5. The number of benzene rings is 1. The zero-order chi connectivity index (χ0) is 15.1. The van der Waals surface area contributed by atoms with Crippen LogP contribution in [0.1, 0.15) is 19.3 Å². The molecule has 1 aromatic rings. The molecule has 5 nitrogen and oxygen atoms in total.